The van der Waals surface area contributed by atoms with E-state index < -0.39 is 0 Å². The van der Waals surface area contributed by atoms with Gasteiger partial charge in [0.05, 0.1) is 18.0 Å². The first-order chi connectivity index (χ1) is 12.3. The zero-order valence-corrected chi connectivity index (χ0v) is 16.7. The number of hydrogen-bond acceptors (Lipinski definition) is 3. The van der Waals surface area contributed by atoms with E-state index in [0.717, 1.165) is 16.4 Å². The largest absolute Gasteiger partial charge is 0.331 e. The highest BCUT2D eigenvalue weighted by atomic mass is 35.5. The van der Waals surface area contributed by atoms with Crippen LogP contribution in [0.3, 0.4) is 0 Å². The van der Waals surface area contributed by atoms with Gasteiger partial charge in [-0.15, -0.1) is 0 Å². The fourth-order valence-corrected chi connectivity index (χ4v) is 3.84. The van der Waals surface area contributed by atoms with Crippen LogP contribution in [0.2, 0.25) is 5.02 Å². The van der Waals surface area contributed by atoms with Crippen molar-refractivity contribution >= 4 is 40.2 Å². The minimum absolute atomic E-state index is 0.0714. The van der Waals surface area contributed by atoms with Crippen LogP contribution in [0.5, 0.6) is 0 Å². The van der Waals surface area contributed by atoms with Gasteiger partial charge in [-0.05, 0) is 50.6 Å². The van der Waals surface area contributed by atoms with E-state index in [2.05, 4.69) is 0 Å². The first-order valence-corrected chi connectivity index (χ1v) is 9.81. The molecule has 1 saturated heterocycles. The number of aliphatic imine (C=N–C) groups is 1. The molecular weight excluding hydrogens is 366 g/mol. The molecule has 0 atom stereocenters. The SMILES string of the molecule is CC(C)(C)N=C1SCN(c2ccc(Cl)cc2)C(=O)N1Cc1ccccc1. The van der Waals surface area contributed by atoms with Crippen LogP contribution >= 0.6 is 23.4 Å². The summed E-state index contributed by atoms with van der Waals surface area (Å²) < 4.78 is 0. The summed E-state index contributed by atoms with van der Waals surface area (Å²) in [5.74, 6) is 0.528. The molecule has 136 valence electrons. The molecule has 2 amide bonds. The molecular formula is C20H22ClN3OS. The molecule has 4 nitrogen and oxygen atoms in total. The first-order valence-electron chi connectivity index (χ1n) is 8.45. The summed E-state index contributed by atoms with van der Waals surface area (Å²) in [6.45, 7) is 6.61. The van der Waals surface area contributed by atoms with Gasteiger partial charge < -0.3 is 0 Å². The maximum Gasteiger partial charge on any atom is 0.331 e. The molecule has 1 fully saturated rings. The number of anilines is 1. The Kier molecular flexibility index (Phi) is 5.58. The molecule has 0 saturated carbocycles. The van der Waals surface area contributed by atoms with Gasteiger partial charge in [0, 0.05) is 10.7 Å². The fourth-order valence-electron chi connectivity index (χ4n) is 2.57. The van der Waals surface area contributed by atoms with Crippen LogP contribution < -0.4 is 4.90 Å². The molecule has 2 aromatic carbocycles. The second-order valence-corrected chi connectivity index (χ2v) is 8.45. The van der Waals surface area contributed by atoms with Crippen molar-refractivity contribution < 1.29 is 4.79 Å². The maximum absolute atomic E-state index is 13.2. The molecule has 26 heavy (non-hydrogen) atoms. The maximum atomic E-state index is 13.2. The highest BCUT2D eigenvalue weighted by Gasteiger charge is 2.33. The molecule has 3 rings (SSSR count). The quantitative estimate of drug-likeness (QED) is 0.684. The third-order valence-corrected chi connectivity index (χ3v) is 4.98. The second-order valence-electron chi connectivity index (χ2n) is 7.10. The van der Waals surface area contributed by atoms with Crippen molar-refractivity contribution in [2.75, 3.05) is 10.8 Å². The summed E-state index contributed by atoms with van der Waals surface area (Å²) in [6.07, 6.45) is 0. The Morgan fingerprint density at radius 2 is 1.73 bits per heavy atom. The number of benzene rings is 2. The summed E-state index contributed by atoms with van der Waals surface area (Å²) >= 11 is 7.56. The number of thioether (sulfide) groups is 1. The van der Waals surface area contributed by atoms with Crippen molar-refractivity contribution in [3.8, 4) is 0 Å². The summed E-state index contributed by atoms with van der Waals surface area (Å²) in [5.41, 5.74) is 1.65. The number of amidine groups is 1. The van der Waals surface area contributed by atoms with E-state index in [9.17, 15) is 4.79 Å². The predicted octanol–water partition coefficient (Wildman–Crippen LogP) is 5.63. The van der Waals surface area contributed by atoms with Crippen LogP contribution in [-0.2, 0) is 6.54 Å². The molecule has 0 unspecified atom stereocenters. The molecule has 1 aliphatic heterocycles. The lowest BCUT2D eigenvalue weighted by atomic mass is 10.1. The number of halogens is 1. The molecule has 1 heterocycles. The molecule has 0 aliphatic carbocycles. The van der Waals surface area contributed by atoms with E-state index >= 15 is 0 Å². The van der Waals surface area contributed by atoms with Gasteiger partial charge in [-0.2, -0.15) is 0 Å². The van der Waals surface area contributed by atoms with Gasteiger partial charge in [-0.25, -0.2) is 4.79 Å². The smallest absolute Gasteiger partial charge is 0.284 e. The van der Waals surface area contributed by atoms with Gasteiger partial charge in [-0.3, -0.25) is 14.8 Å². The summed E-state index contributed by atoms with van der Waals surface area (Å²) in [5, 5.41) is 1.42. The van der Waals surface area contributed by atoms with E-state index in [0.29, 0.717) is 17.4 Å². The monoisotopic (exact) mass is 387 g/mol. The van der Waals surface area contributed by atoms with E-state index in [-0.39, 0.29) is 11.6 Å². The third kappa shape index (κ3) is 4.59. The molecule has 0 bridgehead atoms. The minimum atomic E-state index is -0.250. The van der Waals surface area contributed by atoms with E-state index in [1.807, 2.05) is 63.2 Å². The van der Waals surface area contributed by atoms with Crippen molar-refractivity contribution in [3.05, 3.63) is 65.2 Å². The van der Waals surface area contributed by atoms with E-state index in [1.54, 1.807) is 33.7 Å². The predicted molar refractivity (Wildman–Crippen MR) is 111 cm³/mol. The van der Waals surface area contributed by atoms with E-state index in [4.69, 9.17) is 16.6 Å². The topological polar surface area (TPSA) is 35.9 Å². The van der Waals surface area contributed by atoms with Crippen molar-refractivity contribution in [1.82, 2.24) is 4.90 Å². The Balaban J connectivity index is 1.92. The lowest BCUT2D eigenvalue weighted by Gasteiger charge is -2.36. The number of carbonyl (C=O) groups excluding carboxylic acids is 1. The zero-order valence-electron chi connectivity index (χ0n) is 15.1. The highest BCUT2D eigenvalue weighted by molar-refractivity contribution is 8.14. The molecule has 0 aromatic heterocycles. The van der Waals surface area contributed by atoms with Gasteiger partial charge in [0.1, 0.15) is 0 Å². The van der Waals surface area contributed by atoms with Crippen molar-refractivity contribution in [2.45, 2.75) is 32.9 Å². The summed E-state index contributed by atoms with van der Waals surface area (Å²) in [7, 11) is 0. The van der Waals surface area contributed by atoms with Crippen LogP contribution in [0.15, 0.2) is 59.6 Å². The molecule has 1 aliphatic rings. The third-order valence-electron chi connectivity index (χ3n) is 3.77. The highest BCUT2D eigenvalue weighted by Crippen LogP contribution is 2.29. The number of carbonyl (C=O) groups is 1. The standard InChI is InChI=1S/C20H22ClN3OS/c1-20(2,3)22-18-23(13-15-7-5-4-6-8-15)19(25)24(14-26-18)17-11-9-16(21)10-12-17/h4-12H,13-14H2,1-3H3. The average Bonchev–Trinajstić information content (AvgIpc) is 2.59. The van der Waals surface area contributed by atoms with Crippen molar-refractivity contribution in [2.24, 2.45) is 4.99 Å². The summed E-state index contributed by atoms with van der Waals surface area (Å²) in [6, 6.07) is 17.2. The fraction of sp³-hybridized carbons (Fsp3) is 0.300. The first kappa shape index (κ1) is 18.8. The number of urea groups is 1. The van der Waals surface area contributed by atoms with Gasteiger partial charge in [0.15, 0.2) is 5.17 Å². The zero-order chi connectivity index (χ0) is 18.7. The van der Waals surface area contributed by atoms with E-state index in [1.165, 1.54) is 0 Å². The van der Waals surface area contributed by atoms with Gasteiger partial charge in [-0.1, -0.05) is 53.7 Å². The van der Waals surface area contributed by atoms with Crippen molar-refractivity contribution in [1.29, 1.82) is 0 Å². The lowest BCUT2D eigenvalue weighted by Crippen LogP contribution is -2.50. The normalized spacial score (nSPS) is 17.1. The Bertz CT molecular complexity index is 800. The Morgan fingerprint density at radius 3 is 2.35 bits per heavy atom. The molecule has 6 heteroatoms. The van der Waals surface area contributed by atoms with Crippen LogP contribution in [0.4, 0.5) is 10.5 Å². The average molecular weight is 388 g/mol. The minimum Gasteiger partial charge on any atom is -0.284 e. The van der Waals surface area contributed by atoms with Crippen LogP contribution in [0.1, 0.15) is 26.3 Å². The molecule has 0 N–H and O–H groups in total. The Morgan fingerprint density at radius 1 is 1.08 bits per heavy atom. The Hall–Kier alpha value is -1.98. The summed E-state index contributed by atoms with van der Waals surface area (Å²) in [4.78, 5) is 21.5. The van der Waals surface area contributed by atoms with Gasteiger partial charge >= 0.3 is 6.03 Å². The number of hydrogen-bond donors (Lipinski definition) is 0. The molecule has 2 aromatic rings. The Labute approximate surface area is 163 Å². The van der Waals surface area contributed by atoms with Gasteiger partial charge in [0.2, 0.25) is 0 Å². The van der Waals surface area contributed by atoms with Crippen molar-refractivity contribution in [3.63, 3.8) is 0 Å². The van der Waals surface area contributed by atoms with Gasteiger partial charge in [0.25, 0.3) is 0 Å². The molecule has 0 radical (unpaired) electrons. The lowest BCUT2D eigenvalue weighted by molar-refractivity contribution is 0.226. The second kappa shape index (κ2) is 7.72. The van der Waals surface area contributed by atoms with Crippen LogP contribution in [0, 0.1) is 0 Å². The van der Waals surface area contributed by atoms with Crippen LogP contribution in [-0.4, -0.2) is 27.5 Å². The molecule has 0 spiro atoms. The van der Waals surface area contributed by atoms with Crippen LogP contribution in [0.25, 0.3) is 0 Å². The number of amides is 2. The number of rotatable bonds is 3. The number of nitrogens with zero attached hydrogens (tertiary/aromatic N) is 3.